The highest BCUT2D eigenvalue weighted by molar-refractivity contribution is 5.35. The molecule has 0 aromatic carbocycles. The summed E-state index contributed by atoms with van der Waals surface area (Å²) in [4.78, 5) is 2.58. The van der Waals surface area contributed by atoms with Crippen LogP contribution in [0.1, 0.15) is 47.0 Å². The summed E-state index contributed by atoms with van der Waals surface area (Å²) >= 11 is 0. The lowest BCUT2D eigenvalue weighted by Crippen LogP contribution is -2.23. The van der Waals surface area contributed by atoms with Gasteiger partial charge in [0.05, 0.1) is 0 Å². The maximum atomic E-state index is 2.58. The fraction of sp³-hybridized carbons (Fsp3) is 0.647. The number of allylic oxidation sites excluding steroid dienone is 4. The van der Waals surface area contributed by atoms with Gasteiger partial charge < -0.3 is 0 Å². The molecule has 1 aliphatic heterocycles. The van der Waals surface area contributed by atoms with Gasteiger partial charge in [0.25, 0.3) is 0 Å². The molecule has 18 heavy (non-hydrogen) atoms. The highest BCUT2D eigenvalue weighted by Crippen LogP contribution is 2.23. The zero-order valence-electron chi connectivity index (χ0n) is 12.6. The lowest BCUT2D eigenvalue weighted by atomic mass is 9.92. The minimum absolute atomic E-state index is 0.531. The Bertz CT molecular complexity index is 317. The van der Waals surface area contributed by atoms with E-state index in [0.717, 1.165) is 13.0 Å². The molecule has 0 radical (unpaired) electrons. The minimum Gasteiger partial charge on any atom is -0.299 e. The van der Waals surface area contributed by atoms with Crippen LogP contribution in [0.15, 0.2) is 35.5 Å². The molecule has 1 heteroatoms. The minimum atomic E-state index is 0.531. The van der Waals surface area contributed by atoms with Crippen molar-refractivity contribution in [3.63, 3.8) is 0 Å². The number of hydrogen-bond acceptors (Lipinski definition) is 1. The molecule has 1 rings (SSSR count). The van der Waals surface area contributed by atoms with Gasteiger partial charge in [-0.25, -0.2) is 0 Å². The van der Waals surface area contributed by atoms with Gasteiger partial charge in [-0.1, -0.05) is 38.2 Å². The fourth-order valence-electron chi connectivity index (χ4n) is 2.72. The molecule has 0 bridgehead atoms. The molecule has 0 N–H and O–H groups in total. The van der Waals surface area contributed by atoms with Crippen LogP contribution in [-0.2, 0) is 0 Å². The Morgan fingerprint density at radius 3 is 2.33 bits per heavy atom. The summed E-state index contributed by atoms with van der Waals surface area (Å²) in [6, 6.07) is 0. The predicted octanol–water partition coefficient (Wildman–Crippen LogP) is 4.58. The van der Waals surface area contributed by atoms with Crippen LogP contribution in [0, 0.1) is 5.92 Å². The van der Waals surface area contributed by atoms with Crippen LogP contribution in [0.25, 0.3) is 0 Å². The van der Waals surface area contributed by atoms with E-state index in [2.05, 4.69) is 56.9 Å². The van der Waals surface area contributed by atoms with Crippen molar-refractivity contribution < 1.29 is 0 Å². The Morgan fingerprint density at radius 2 is 1.83 bits per heavy atom. The molecule has 1 nitrogen and oxygen atoms in total. The summed E-state index contributed by atoms with van der Waals surface area (Å²) in [5.41, 5.74) is 3.00. The van der Waals surface area contributed by atoms with Gasteiger partial charge in [-0.3, -0.25) is 4.90 Å². The molecule has 0 aliphatic carbocycles. The molecule has 102 valence electrons. The SMILES string of the molecule is C/C=C(\C(=C/C)CN1CCCC1)C(C)/C=C\CC. The average Bonchev–Trinajstić information content (AvgIpc) is 2.88. The van der Waals surface area contributed by atoms with Gasteiger partial charge in [0, 0.05) is 6.54 Å². The Morgan fingerprint density at radius 1 is 1.17 bits per heavy atom. The lowest BCUT2D eigenvalue weighted by molar-refractivity contribution is 0.368. The van der Waals surface area contributed by atoms with E-state index in [4.69, 9.17) is 0 Å². The molecule has 1 saturated heterocycles. The molecule has 0 aromatic rings. The number of likely N-dealkylation sites (tertiary alicyclic amines) is 1. The van der Waals surface area contributed by atoms with Crippen molar-refractivity contribution >= 4 is 0 Å². The Labute approximate surface area is 113 Å². The maximum absolute atomic E-state index is 2.58. The summed E-state index contributed by atoms with van der Waals surface area (Å²) in [6.45, 7) is 12.5. The molecule has 1 heterocycles. The van der Waals surface area contributed by atoms with Gasteiger partial charge in [-0.2, -0.15) is 0 Å². The number of nitrogens with zero attached hydrogens (tertiary/aromatic N) is 1. The van der Waals surface area contributed by atoms with Crippen LogP contribution in [0.5, 0.6) is 0 Å². The van der Waals surface area contributed by atoms with Crippen molar-refractivity contribution in [1.29, 1.82) is 0 Å². The van der Waals surface area contributed by atoms with Crippen LogP contribution < -0.4 is 0 Å². The topological polar surface area (TPSA) is 3.24 Å². The van der Waals surface area contributed by atoms with E-state index < -0.39 is 0 Å². The molecular formula is C17H29N. The van der Waals surface area contributed by atoms with E-state index in [0.29, 0.717) is 5.92 Å². The summed E-state index contributed by atoms with van der Waals surface area (Å²) in [5, 5.41) is 0. The second kappa shape index (κ2) is 8.31. The standard InChI is InChI=1S/C17H29N/c1-5-8-11-15(4)17(7-3)16(6-2)14-18-12-9-10-13-18/h6-8,11,15H,5,9-10,12-14H2,1-4H3/b11-8-,16-6-,17-7-. The molecule has 1 aliphatic rings. The van der Waals surface area contributed by atoms with Crippen LogP contribution in [-0.4, -0.2) is 24.5 Å². The summed E-state index contributed by atoms with van der Waals surface area (Å²) in [6.07, 6.45) is 13.1. The highest BCUT2D eigenvalue weighted by Gasteiger charge is 2.16. The van der Waals surface area contributed by atoms with Gasteiger partial charge in [0.1, 0.15) is 0 Å². The third-order valence-corrected chi connectivity index (χ3v) is 3.77. The van der Waals surface area contributed by atoms with Gasteiger partial charge >= 0.3 is 0 Å². The van der Waals surface area contributed by atoms with Gasteiger partial charge in [-0.15, -0.1) is 0 Å². The molecule has 1 unspecified atom stereocenters. The Hall–Kier alpha value is -0.820. The van der Waals surface area contributed by atoms with E-state index in [1.54, 1.807) is 0 Å². The van der Waals surface area contributed by atoms with Crippen LogP contribution in [0.4, 0.5) is 0 Å². The Balaban J connectivity index is 2.68. The first-order valence-electron chi connectivity index (χ1n) is 7.43. The van der Waals surface area contributed by atoms with E-state index in [1.165, 1.54) is 37.1 Å². The maximum Gasteiger partial charge on any atom is 0.0233 e. The molecule has 0 amide bonds. The van der Waals surface area contributed by atoms with Crippen molar-refractivity contribution in [1.82, 2.24) is 4.90 Å². The summed E-state index contributed by atoms with van der Waals surface area (Å²) in [5.74, 6) is 0.531. The zero-order valence-corrected chi connectivity index (χ0v) is 12.6. The van der Waals surface area contributed by atoms with Crippen LogP contribution in [0.3, 0.4) is 0 Å². The smallest absolute Gasteiger partial charge is 0.0233 e. The van der Waals surface area contributed by atoms with Crippen LogP contribution in [0.2, 0.25) is 0 Å². The first-order chi connectivity index (χ1) is 8.72. The molecule has 0 spiro atoms. The molecule has 1 fully saturated rings. The van der Waals surface area contributed by atoms with E-state index in [9.17, 15) is 0 Å². The monoisotopic (exact) mass is 247 g/mol. The summed E-state index contributed by atoms with van der Waals surface area (Å²) in [7, 11) is 0. The second-order valence-corrected chi connectivity index (χ2v) is 5.17. The van der Waals surface area contributed by atoms with Gasteiger partial charge in [0.15, 0.2) is 0 Å². The normalized spacial score (nSPS) is 20.9. The molecule has 0 aromatic heterocycles. The number of hydrogen-bond donors (Lipinski definition) is 0. The largest absolute Gasteiger partial charge is 0.299 e. The third-order valence-electron chi connectivity index (χ3n) is 3.77. The van der Waals surface area contributed by atoms with Gasteiger partial charge in [-0.05, 0) is 63.3 Å². The van der Waals surface area contributed by atoms with Crippen molar-refractivity contribution in [3.8, 4) is 0 Å². The first kappa shape index (κ1) is 15.2. The highest BCUT2D eigenvalue weighted by atomic mass is 15.1. The van der Waals surface area contributed by atoms with Crippen molar-refractivity contribution in [3.05, 3.63) is 35.5 Å². The van der Waals surface area contributed by atoms with Crippen molar-refractivity contribution in [2.45, 2.75) is 47.0 Å². The average molecular weight is 247 g/mol. The van der Waals surface area contributed by atoms with Crippen molar-refractivity contribution in [2.24, 2.45) is 5.92 Å². The Kier molecular flexibility index (Phi) is 7.04. The zero-order chi connectivity index (χ0) is 13.4. The van der Waals surface area contributed by atoms with Crippen LogP contribution >= 0.6 is 0 Å². The van der Waals surface area contributed by atoms with E-state index >= 15 is 0 Å². The molecular weight excluding hydrogens is 218 g/mol. The third kappa shape index (κ3) is 4.45. The molecule has 1 atom stereocenters. The van der Waals surface area contributed by atoms with Gasteiger partial charge in [0.2, 0.25) is 0 Å². The molecule has 0 saturated carbocycles. The van der Waals surface area contributed by atoms with Crippen molar-refractivity contribution in [2.75, 3.05) is 19.6 Å². The predicted molar refractivity (Wildman–Crippen MR) is 81.8 cm³/mol. The second-order valence-electron chi connectivity index (χ2n) is 5.17. The lowest BCUT2D eigenvalue weighted by Gasteiger charge is -2.21. The number of rotatable bonds is 6. The summed E-state index contributed by atoms with van der Waals surface area (Å²) < 4.78 is 0. The fourth-order valence-corrected chi connectivity index (χ4v) is 2.72. The first-order valence-corrected chi connectivity index (χ1v) is 7.43. The van der Waals surface area contributed by atoms with E-state index in [-0.39, 0.29) is 0 Å². The quantitative estimate of drug-likeness (QED) is 0.490. The van der Waals surface area contributed by atoms with E-state index in [1.807, 2.05) is 0 Å².